The van der Waals surface area contributed by atoms with E-state index in [-0.39, 0.29) is 11.1 Å². The summed E-state index contributed by atoms with van der Waals surface area (Å²) in [6, 6.07) is 2.00. The third-order valence-corrected chi connectivity index (χ3v) is 8.71. The van der Waals surface area contributed by atoms with Gasteiger partial charge in [-0.2, -0.15) is 0 Å². The summed E-state index contributed by atoms with van der Waals surface area (Å²) in [5.74, 6) is 0. The van der Waals surface area contributed by atoms with Gasteiger partial charge in [0.15, 0.2) is 0 Å². The quantitative estimate of drug-likeness (QED) is 0.806. The van der Waals surface area contributed by atoms with Gasteiger partial charge >= 0.3 is 0 Å². The minimum atomic E-state index is -1.62. The van der Waals surface area contributed by atoms with Crippen LogP contribution in [0, 0.1) is 0 Å². The number of piperidine rings is 1. The van der Waals surface area contributed by atoms with E-state index in [1.807, 2.05) is 0 Å². The van der Waals surface area contributed by atoms with E-state index in [1.54, 1.807) is 0 Å². The van der Waals surface area contributed by atoms with Crippen LogP contribution < -0.4 is 5.32 Å². The van der Waals surface area contributed by atoms with E-state index in [9.17, 15) is 0 Å². The van der Waals surface area contributed by atoms with Crippen molar-refractivity contribution in [2.75, 3.05) is 13.2 Å². The molecule has 2 heterocycles. The number of nitrogens with one attached hydrogen (secondary N) is 1. The van der Waals surface area contributed by atoms with Crippen molar-refractivity contribution >= 4 is 8.48 Å². The van der Waals surface area contributed by atoms with Crippen molar-refractivity contribution < 1.29 is 4.43 Å². The average molecular weight is 285 g/mol. The molecule has 2 aliphatic rings. The van der Waals surface area contributed by atoms with Crippen LogP contribution in [0.15, 0.2) is 0 Å². The summed E-state index contributed by atoms with van der Waals surface area (Å²) in [5.41, 5.74) is 0.465. The Balaban J connectivity index is 2.16. The van der Waals surface area contributed by atoms with E-state index in [1.165, 1.54) is 31.9 Å². The topological polar surface area (TPSA) is 24.5 Å². The monoisotopic (exact) mass is 284 g/mol. The fraction of sp³-hybridized carbons (Fsp3) is 1.00. The van der Waals surface area contributed by atoms with Crippen LogP contribution in [-0.2, 0) is 4.43 Å². The smallest absolute Gasteiger partial charge is 0.268 e. The van der Waals surface area contributed by atoms with Crippen molar-refractivity contribution in [3.8, 4) is 0 Å². The average Bonchev–Trinajstić information content (AvgIpc) is 2.55. The largest absolute Gasteiger partial charge is 0.403 e. The zero-order valence-corrected chi connectivity index (χ0v) is 14.7. The molecule has 2 rings (SSSR count). The molecule has 0 aromatic rings. The molecule has 0 aromatic heterocycles. The van der Waals surface area contributed by atoms with E-state index in [4.69, 9.17) is 4.43 Å². The summed E-state index contributed by atoms with van der Waals surface area (Å²) < 4.78 is 9.02. The lowest BCUT2D eigenvalue weighted by atomic mass is 9.79. The molecule has 2 saturated heterocycles. The Morgan fingerprint density at radius 3 is 2.32 bits per heavy atom. The first-order chi connectivity index (χ1) is 8.68. The van der Waals surface area contributed by atoms with Crippen molar-refractivity contribution in [1.29, 1.82) is 0 Å². The molecule has 0 bridgehead atoms. The number of hydrogen-bond donors (Lipinski definition) is 1. The van der Waals surface area contributed by atoms with E-state index in [0.29, 0.717) is 6.04 Å². The molecule has 0 spiro atoms. The molecule has 2 fully saturated rings. The van der Waals surface area contributed by atoms with Gasteiger partial charge in [-0.15, -0.1) is 0 Å². The summed E-state index contributed by atoms with van der Waals surface area (Å²) in [4.78, 5) is 0. The van der Waals surface area contributed by atoms with Crippen LogP contribution in [0.5, 0.6) is 0 Å². The number of hydrogen-bond acceptors (Lipinski definition) is 3. The van der Waals surface area contributed by atoms with Crippen LogP contribution in [0.1, 0.15) is 53.9 Å². The summed E-state index contributed by atoms with van der Waals surface area (Å²) in [7, 11) is -1.62. The molecule has 3 nitrogen and oxygen atoms in total. The minimum Gasteiger partial charge on any atom is -0.403 e. The zero-order chi connectivity index (χ0) is 14.3. The van der Waals surface area contributed by atoms with Gasteiger partial charge in [-0.25, -0.2) is 0 Å². The van der Waals surface area contributed by atoms with E-state index < -0.39 is 8.48 Å². The highest BCUT2D eigenvalue weighted by molar-refractivity contribution is 6.70. The van der Waals surface area contributed by atoms with Crippen molar-refractivity contribution in [2.24, 2.45) is 0 Å². The zero-order valence-electron chi connectivity index (χ0n) is 13.7. The van der Waals surface area contributed by atoms with Crippen LogP contribution in [0.25, 0.3) is 0 Å². The van der Waals surface area contributed by atoms with Crippen LogP contribution >= 0.6 is 0 Å². The standard InChI is InChI=1S/C15H32N2OSi/c1-7-18-19(6)10-8-9-17(19)13-11-14(2,3)16-15(4,5)12-13/h13,16H,7-12H2,1-6H3. The Bertz CT molecular complexity index is 316. The SMILES string of the molecule is CCO[Si]1(C)CCCN1C1CC(C)(C)NC(C)(C)C1. The molecule has 2 aliphatic heterocycles. The van der Waals surface area contributed by atoms with Gasteiger partial charge in [0, 0.05) is 23.7 Å². The first-order valence-corrected chi connectivity index (χ1v) is 10.4. The Hall–Kier alpha value is 0.0969. The second-order valence-electron chi connectivity index (χ2n) is 7.86. The van der Waals surface area contributed by atoms with Crippen LogP contribution in [-0.4, -0.2) is 43.3 Å². The van der Waals surface area contributed by atoms with Crippen LogP contribution in [0.2, 0.25) is 12.6 Å². The van der Waals surface area contributed by atoms with Gasteiger partial charge < -0.3 is 9.74 Å². The normalized spacial score (nSPS) is 35.7. The second kappa shape index (κ2) is 5.13. The Morgan fingerprint density at radius 1 is 1.21 bits per heavy atom. The van der Waals surface area contributed by atoms with Crippen molar-refractivity contribution in [1.82, 2.24) is 9.88 Å². The summed E-state index contributed by atoms with van der Waals surface area (Å²) in [6.07, 6.45) is 3.81. The predicted octanol–water partition coefficient (Wildman–Crippen LogP) is 3.11. The molecule has 0 amide bonds. The maximum atomic E-state index is 6.24. The van der Waals surface area contributed by atoms with Crippen LogP contribution in [0.4, 0.5) is 0 Å². The van der Waals surface area contributed by atoms with E-state index in [0.717, 1.165) is 6.61 Å². The third-order valence-electron chi connectivity index (χ3n) is 4.71. The van der Waals surface area contributed by atoms with Gasteiger partial charge in [-0.3, -0.25) is 4.57 Å². The van der Waals surface area contributed by atoms with Crippen molar-refractivity contribution in [3.63, 3.8) is 0 Å². The number of rotatable bonds is 3. The first kappa shape index (κ1) is 15.5. The maximum Gasteiger partial charge on any atom is 0.268 e. The Morgan fingerprint density at radius 2 is 1.79 bits per heavy atom. The highest BCUT2D eigenvalue weighted by atomic mass is 28.4. The van der Waals surface area contributed by atoms with Gasteiger partial charge in [0.2, 0.25) is 0 Å². The van der Waals surface area contributed by atoms with Gasteiger partial charge in [-0.1, -0.05) is 0 Å². The van der Waals surface area contributed by atoms with Crippen molar-refractivity contribution in [2.45, 2.75) is 83.6 Å². The van der Waals surface area contributed by atoms with E-state index in [2.05, 4.69) is 51.0 Å². The lowest BCUT2D eigenvalue weighted by molar-refractivity contribution is 0.0970. The molecule has 1 unspecified atom stereocenters. The van der Waals surface area contributed by atoms with Gasteiger partial charge in [0.25, 0.3) is 8.48 Å². The first-order valence-electron chi connectivity index (χ1n) is 7.88. The van der Waals surface area contributed by atoms with E-state index >= 15 is 0 Å². The molecule has 0 aromatic carbocycles. The summed E-state index contributed by atoms with van der Waals surface area (Å²) in [5, 5.41) is 3.79. The molecule has 0 aliphatic carbocycles. The molecule has 19 heavy (non-hydrogen) atoms. The molecule has 4 heteroatoms. The number of nitrogens with zero attached hydrogens (tertiary/aromatic N) is 1. The molecule has 1 atom stereocenters. The maximum absolute atomic E-state index is 6.24. The second-order valence-corrected chi connectivity index (χ2v) is 11.6. The molecule has 112 valence electrons. The summed E-state index contributed by atoms with van der Waals surface area (Å²) >= 11 is 0. The molecule has 0 radical (unpaired) electrons. The highest BCUT2D eigenvalue weighted by Crippen LogP contribution is 2.38. The Labute approximate surface area is 120 Å². The lowest BCUT2D eigenvalue weighted by Crippen LogP contribution is -2.65. The Kier molecular flexibility index (Phi) is 4.18. The molecular formula is C15H32N2OSi. The third kappa shape index (κ3) is 3.41. The molecule has 0 saturated carbocycles. The molecular weight excluding hydrogens is 252 g/mol. The predicted molar refractivity (Wildman–Crippen MR) is 83.7 cm³/mol. The fourth-order valence-electron chi connectivity index (χ4n) is 4.48. The lowest BCUT2D eigenvalue weighted by Gasteiger charge is -2.51. The van der Waals surface area contributed by atoms with Gasteiger partial charge in [-0.05, 0) is 73.0 Å². The molecule has 1 N–H and O–H groups in total. The minimum absolute atomic E-state index is 0.233. The van der Waals surface area contributed by atoms with Gasteiger partial charge in [0.1, 0.15) is 0 Å². The van der Waals surface area contributed by atoms with Crippen LogP contribution in [0.3, 0.4) is 0 Å². The summed E-state index contributed by atoms with van der Waals surface area (Å²) in [6.45, 7) is 16.1. The fourth-order valence-corrected chi connectivity index (χ4v) is 8.10. The van der Waals surface area contributed by atoms with Gasteiger partial charge in [0.05, 0.1) is 0 Å². The highest BCUT2D eigenvalue weighted by Gasteiger charge is 2.49. The van der Waals surface area contributed by atoms with Crippen molar-refractivity contribution in [3.05, 3.63) is 0 Å².